The van der Waals surface area contributed by atoms with Crippen molar-refractivity contribution in [3.05, 3.63) is 35.2 Å². The molecule has 0 bridgehead atoms. The van der Waals surface area contributed by atoms with Crippen LogP contribution in [-0.4, -0.2) is 13.1 Å². The Morgan fingerprint density at radius 2 is 2.06 bits per heavy atom. The van der Waals surface area contributed by atoms with E-state index in [1.54, 1.807) is 0 Å². The number of anilines is 1. The minimum absolute atomic E-state index is 0.204. The lowest BCUT2D eigenvalue weighted by molar-refractivity contribution is -0.246. The molecule has 0 spiro atoms. The van der Waals surface area contributed by atoms with Gasteiger partial charge in [-0.15, -0.1) is 0 Å². The minimum Gasteiger partial charge on any atom is -0.530 e. The van der Waals surface area contributed by atoms with Gasteiger partial charge in [-0.05, 0) is 12.1 Å². The van der Waals surface area contributed by atoms with Crippen LogP contribution in [0.1, 0.15) is 5.56 Å². The number of halogens is 3. The van der Waals surface area contributed by atoms with Crippen LogP contribution >= 0.6 is 0 Å². The molecule has 1 aromatic rings. The maximum atomic E-state index is 12.6. The number of carboxylic acid groups (broad SMARTS) is 1. The fourth-order valence-corrected chi connectivity index (χ4v) is 1.16. The lowest BCUT2D eigenvalue weighted by atomic mass is 10.1. The number of hydrogen-bond donors (Lipinski definition) is 0. The zero-order chi connectivity index (χ0) is 13.2. The van der Waals surface area contributed by atoms with Crippen molar-refractivity contribution in [2.75, 3.05) is 11.9 Å². The standard InChI is InChI=1S/C10H7F3N2O2/c1-14-8-4-3-6(15(2)9(16)17)5-7(8)10(11,12)13/h3-5H,2H3,(H,16,17)/p-1. The van der Waals surface area contributed by atoms with E-state index in [4.69, 9.17) is 6.57 Å². The average Bonchev–Trinajstić information content (AvgIpc) is 2.25. The van der Waals surface area contributed by atoms with Crippen molar-refractivity contribution >= 4 is 17.5 Å². The molecule has 0 saturated heterocycles. The summed E-state index contributed by atoms with van der Waals surface area (Å²) in [6.45, 7) is 6.61. The van der Waals surface area contributed by atoms with Crippen LogP contribution in [0.25, 0.3) is 4.85 Å². The zero-order valence-electron chi connectivity index (χ0n) is 8.58. The first-order valence-corrected chi connectivity index (χ1v) is 4.30. The highest BCUT2D eigenvalue weighted by Crippen LogP contribution is 2.38. The second-order valence-electron chi connectivity index (χ2n) is 3.14. The summed E-state index contributed by atoms with van der Waals surface area (Å²) in [5.41, 5.74) is -1.95. The van der Waals surface area contributed by atoms with Gasteiger partial charge in [0.1, 0.15) is 6.09 Å². The number of benzene rings is 1. The van der Waals surface area contributed by atoms with Gasteiger partial charge in [-0.1, -0.05) is 6.07 Å². The van der Waals surface area contributed by atoms with Gasteiger partial charge >= 0.3 is 6.18 Å². The molecule has 1 amide bonds. The van der Waals surface area contributed by atoms with Crippen LogP contribution in [0.15, 0.2) is 18.2 Å². The van der Waals surface area contributed by atoms with Crippen molar-refractivity contribution in [3.63, 3.8) is 0 Å². The molecule has 0 heterocycles. The highest BCUT2D eigenvalue weighted by atomic mass is 19.4. The highest BCUT2D eigenvalue weighted by Gasteiger charge is 2.33. The molecule has 4 nitrogen and oxygen atoms in total. The Balaban J connectivity index is 3.34. The van der Waals surface area contributed by atoms with Crippen LogP contribution in [-0.2, 0) is 6.18 Å². The van der Waals surface area contributed by atoms with Gasteiger partial charge in [-0.2, -0.15) is 13.2 Å². The molecule has 0 aromatic heterocycles. The normalized spacial score (nSPS) is 10.8. The molecule has 7 heteroatoms. The monoisotopic (exact) mass is 243 g/mol. The fourth-order valence-electron chi connectivity index (χ4n) is 1.16. The molecule has 0 aliphatic rings. The van der Waals surface area contributed by atoms with Gasteiger partial charge in [-0.25, -0.2) is 4.85 Å². The Kier molecular flexibility index (Phi) is 3.27. The largest absolute Gasteiger partial charge is 0.530 e. The molecule has 90 valence electrons. The maximum Gasteiger partial charge on any atom is 0.407 e. The van der Waals surface area contributed by atoms with Crippen molar-refractivity contribution in [3.8, 4) is 0 Å². The molecule has 1 aromatic carbocycles. The highest BCUT2D eigenvalue weighted by molar-refractivity contribution is 5.84. The van der Waals surface area contributed by atoms with Crippen LogP contribution < -0.4 is 10.0 Å². The Labute approximate surface area is 94.7 Å². The van der Waals surface area contributed by atoms with Crippen LogP contribution in [0, 0.1) is 6.57 Å². The van der Waals surface area contributed by atoms with E-state index < -0.39 is 23.5 Å². The zero-order valence-corrected chi connectivity index (χ0v) is 8.58. The van der Waals surface area contributed by atoms with Gasteiger partial charge in [0.2, 0.25) is 0 Å². The molecule has 0 radical (unpaired) electrons. The smallest absolute Gasteiger partial charge is 0.407 e. The summed E-state index contributed by atoms with van der Waals surface area (Å²) in [7, 11) is 1.06. The first-order valence-electron chi connectivity index (χ1n) is 4.30. The van der Waals surface area contributed by atoms with Gasteiger partial charge in [0.15, 0.2) is 5.69 Å². The van der Waals surface area contributed by atoms with E-state index in [1.807, 2.05) is 0 Å². The number of rotatable bonds is 1. The quantitative estimate of drug-likeness (QED) is 0.708. The maximum absolute atomic E-state index is 12.6. The van der Waals surface area contributed by atoms with Crippen LogP contribution in [0.2, 0.25) is 0 Å². The third kappa shape index (κ3) is 2.66. The van der Waals surface area contributed by atoms with Gasteiger partial charge in [0, 0.05) is 12.7 Å². The minimum atomic E-state index is -4.71. The van der Waals surface area contributed by atoms with Crippen LogP contribution in [0.4, 0.5) is 29.3 Å². The number of carbonyl (C=O) groups is 1. The fraction of sp³-hybridized carbons (Fsp3) is 0.200. The van der Waals surface area contributed by atoms with E-state index in [9.17, 15) is 23.1 Å². The third-order valence-electron chi connectivity index (χ3n) is 2.07. The van der Waals surface area contributed by atoms with E-state index in [1.165, 1.54) is 0 Å². The number of carbonyl (C=O) groups excluding carboxylic acids is 1. The molecule has 0 aliphatic carbocycles. The molecule has 0 saturated carbocycles. The first-order chi connectivity index (χ1) is 7.77. The second-order valence-corrected chi connectivity index (χ2v) is 3.14. The Morgan fingerprint density at radius 1 is 1.47 bits per heavy atom. The van der Waals surface area contributed by atoms with Gasteiger partial charge in [0.25, 0.3) is 0 Å². The Hall–Kier alpha value is -2.23. The van der Waals surface area contributed by atoms with E-state index in [-0.39, 0.29) is 5.69 Å². The lowest BCUT2D eigenvalue weighted by Gasteiger charge is -2.21. The number of amides is 1. The summed E-state index contributed by atoms with van der Waals surface area (Å²) in [5, 5.41) is 10.5. The van der Waals surface area contributed by atoms with Crippen molar-refractivity contribution < 1.29 is 23.1 Å². The number of hydrogen-bond acceptors (Lipinski definition) is 2. The molecule has 0 atom stereocenters. The number of nitrogens with zero attached hydrogens (tertiary/aromatic N) is 2. The molecule has 0 unspecified atom stereocenters. The molecule has 0 aliphatic heterocycles. The predicted octanol–water partition coefficient (Wildman–Crippen LogP) is 2.04. The van der Waals surface area contributed by atoms with E-state index in [2.05, 4.69) is 4.85 Å². The number of alkyl halides is 3. The second kappa shape index (κ2) is 4.33. The predicted molar refractivity (Wildman–Crippen MR) is 51.5 cm³/mol. The molecular weight excluding hydrogens is 237 g/mol. The molecule has 1 rings (SSSR count). The first kappa shape index (κ1) is 12.8. The van der Waals surface area contributed by atoms with Crippen molar-refractivity contribution in [1.82, 2.24) is 0 Å². The third-order valence-corrected chi connectivity index (χ3v) is 2.07. The van der Waals surface area contributed by atoms with Gasteiger partial charge in [0.05, 0.1) is 12.1 Å². The van der Waals surface area contributed by atoms with Crippen molar-refractivity contribution in [1.29, 1.82) is 0 Å². The van der Waals surface area contributed by atoms with E-state index in [0.717, 1.165) is 19.2 Å². The Bertz CT molecular complexity index is 491. The summed E-state index contributed by atoms with van der Waals surface area (Å²) in [6, 6.07) is 2.63. The lowest BCUT2D eigenvalue weighted by Crippen LogP contribution is -2.38. The SMILES string of the molecule is [C-]#[N+]c1ccc(N(C)C(=O)[O-])cc1C(F)(F)F. The van der Waals surface area contributed by atoms with Crippen LogP contribution in [0.5, 0.6) is 0 Å². The summed E-state index contributed by atoms with van der Waals surface area (Å²) in [6.07, 6.45) is -6.34. The van der Waals surface area contributed by atoms with Crippen LogP contribution in [0.3, 0.4) is 0 Å². The average molecular weight is 243 g/mol. The summed E-state index contributed by atoms with van der Waals surface area (Å²) < 4.78 is 37.7. The van der Waals surface area contributed by atoms with Crippen molar-refractivity contribution in [2.45, 2.75) is 6.18 Å². The summed E-state index contributed by atoms with van der Waals surface area (Å²) in [5.74, 6) is 0. The molecule has 0 fully saturated rings. The van der Waals surface area contributed by atoms with Gasteiger partial charge < -0.3 is 14.8 Å². The Morgan fingerprint density at radius 3 is 2.47 bits per heavy atom. The molecule has 17 heavy (non-hydrogen) atoms. The van der Waals surface area contributed by atoms with E-state index in [0.29, 0.717) is 11.0 Å². The van der Waals surface area contributed by atoms with Crippen molar-refractivity contribution in [2.24, 2.45) is 0 Å². The molecular formula is C10H6F3N2O2-. The van der Waals surface area contributed by atoms with Gasteiger partial charge in [-0.3, -0.25) is 0 Å². The summed E-state index contributed by atoms with van der Waals surface area (Å²) in [4.78, 5) is 13.7. The topological polar surface area (TPSA) is 47.7 Å². The van der Waals surface area contributed by atoms with E-state index >= 15 is 0 Å². The summed E-state index contributed by atoms with van der Waals surface area (Å²) >= 11 is 0. The molecule has 0 N–H and O–H groups in total.